The average Bonchev–Trinajstić information content (AvgIpc) is 3.14. The SMILES string of the molecule is Cc1c(Cl)cccc1NC(=O)CSC1=N[C@@H]2CS(=O)(=O)C[C@H]2N1c1cc(Cl)cc(Cl)c1. The number of amidine groups is 1. The molecule has 6 nitrogen and oxygen atoms in total. The van der Waals surface area contributed by atoms with Crippen molar-refractivity contribution in [3.8, 4) is 0 Å². The number of nitrogens with zero attached hydrogens (tertiary/aromatic N) is 2. The highest BCUT2D eigenvalue weighted by Gasteiger charge is 2.47. The van der Waals surface area contributed by atoms with Crippen LogP contribution in [0.1, 0.15) is 5.56 Å². The second-order valence-corrected chi connectivity index (χ2v) is 11.7. The molecule has 0 saturated carbocycles. The van der Waals surface area contributed by atoms with Gasteiger partial charge in [-0.05, 0) is 42.8 Å². The minimum Gasteiger partial charge on any atom is -0.325 e. The molecule has 2 atom stereocenters. The summed E-state index contributed by atoms with van der Waals surface area (Å²) in [5, 5.41) is 4.87. The molecule has 2 heterocycles. The molecule has 2 aliphatic heterocycles. The van der Waals surface area contributed by atoms with E-state index >= 15 is 0 Å². The number of aliphatic imine (C=N–C) groups is 1. The quantitative estimate of drug-likeness (QED) is 0.636. The predicted molar refractivity (Wildman–Crippen MR) is 130 cm³/mol. The molecule has 2 aliphatic rings. The largest absolute Gasteiger partial charge is 0.325 e. The molecular weight excluding hydrogens is 501 g/mol. The molecule has 0 unspecified atom stereocenters. The third-order valence-electron chi connectivity index (χ3n) is 5.11. The van der Waals surface area contributed by atoms with Gasteiger partial charge in [-0.1, -0.05) is 52.6 Å². The van der Waals surface area contributed by atoms with E-state index in [1.54, 1.807) is 36.4 Å². The maximum Gasteiger partial charge on any atom is 0.234 e. The number of carbonyl (C=O) groups excluding carboxylic acids is 1. The van der Waals surface area contributed by atoms with E-state index in [0.29, 0.717) is 31.6 Å². The average molecular weight is 519 g/mol. The Labute approximate surface area is 199 Å². The fraction of sp³-hybridized carbons (Fsp3) is 0.300. The Hall–Kier alpha value is -1.45. The van der Waals surface area contributed by atoms with Crippen molar-refractivity contribution in [2.75, 3.05) is 27.5 Å². The Kier molecular flexibility index (Phi) is 6.47. The minimum absolute atomic E-state index is 0.0107. The van der Waals surface area contributed by atoms with Gasteiger partial charge in [0.25, 0.3) is 0 Å². The molecule has 0 spiro atoms. The number of benzene rings is 2. The number of rotatable bonds is 4. The Morgan fingerprint density at radius 3 is 2.61 bits per heavy atom. The van der Waals surface area contributed by atoms with Gasteiger partial charge in [0, 0.05) is 26.4 Å². The Morgan fingerprint density at radius 1 is 1.19 bits per heavy atom. The number of fused-ring (bicyclic) bond motifs is 1. The van der Waals surface area contributed by atoms with Gasteiger partial charge in [-0.25, -0.2) is 8.42 Å². The van der Waals surface area contributed by atoms with Crippen LogP contribution in [0.2, 0.25) is 15.1 Å². The first-order valence-electron chi connectivity index (χ1n) is 9.34. The van der Waals surface area contributed by atoms with Gasteiger partial charge < -0.3 is 10.2 Å². The van der Waals surface area contributed by atoms with Crippen LogP contribution in [0.15, 0.2) is 41.4 Å². The monoisotopic (exact) mass is 517 g/mol. The molecule has 31 heavy (non-hydrogen) atoms. The zero-order chi connectivity index (χ0) is 22.3. The van der Waals surface area contributed by atoms with Crippen LogP contribution in [0.25, 0.3) is 0 Å². The normalized spacial score (nSPS) is 21.7. The molecule has 0 aliphatic carbocycles. The lowest BCUT2D eigenvalue weighted by Gasteiger charge is -2.26. The fourth-order valence-corrected chi connectivity index (χ4v) is 7.13. The number of carbonyl (C=O) groups is 1. The summed E-state index contributed by atoms with van der Waals surface area (Å²) in [4.78, 5) is 19.0. The molecule has 1 N–H and O–H groups in total. The number of halogens is 3. The third-order valence-corrected chi connectivity index (χ3v) is 8.62. The van der Waals surface area contributed by atoms with E-state index in [4.69, 9.17) is 34.8 Å². The maximum atomic E-state index is 12.5. The van der Waals surface area contributed by atoms with E-state index in [9.17, 15) is 13.2 Å². The second kappa shape index (κ2) is 8.83. The van der Waals surface area contributed by atoms with Crippen molar-refractivity contribution in [1.29, 1.82) is 0 Å². The van der Waals surface area contributed by atoms with Crippen LogP contribution >= 0.6 is 46.6 Å². The molecule has 4 rings (SSSR count). The van der Waals surface area contributed by atoms with Gasteiger partial charge in [0.1, 0.15) is 0 Å². The molecule has 0 radical (unpaired) electrons. The van der Waals surface area contributed by atoms with E-state index in [-0.39, 0.29) is 35.2 Å². The summed E-state index contributed by atoms with van der Waals surface area (Å²) in [5.41, 5.74) is 2.09. The van der Waals surface area contributed by atoms with Gasteiger partial charge in [-0.3, -0.25) is 9.79 Å². The first-order chi connectivity index (χ1) is 14.6. The zero-order valence-corrected chi connectivity index (χ0v) is 20.2. The summed E-state index contributed by atoms with van der Waals surface area (Å²) in [7, 11) is -3.19. The molecular formula is C20H18Cl3N3O3S2. The van der Waals surface area contributed by atoms with Crippen molar-refractivity contribution in [1.82, 2.24) is 0 Å². The van der Waals surface area contributed by atoms with Crippen LogP contribution in [-0.4, -0.2) is 48.8 Å². The van der Waals surface area contributed by atoms with Crippen molar-refractivity contribution >= 4 is 78.9 Å². The zero-order valence-electron chi connectivity index (χ0n) is 16.3. The minimum atomic E-state index is -3.19. The molecule has 164 valence electrons. The molecule has 0 bridgehead atoms. The standard InChI is InChI=1S/C20H18Cl3N3O3S2/c1-11-15(23)3-2-4-16(11)24-19(27)8-30-20-25-17-9-31(28,29)10-18(17)26(20)14-6-12(21)5-13(22)7-14/h2-7,17-18H,8-10H2,1H3,(H,24,27)/t17-,18-/m1/s1. The second-order valence-electron chi connectivity index (χ2n) is 7.37. The van der Waals surface area contributed by atoms with Crippen LogP contribution in [-0.2, 0) is 14.6 Å². The van der Waals surface area contributed by atoms with E-state index in [2.05, 4.69) is 10.3 Å². The van der Waals surface area contributed by atoms with Gasteiger partial charge in [0.05, 0.1) is 29.3 Å². The lowest BCUT2D eigenvalue weighted by atomic mass is 10.1. The van der Waals surface area contributed by atoms with Crippen LogP contribution in [0, 0.1) is 6.92 Å². The van der Waals surface area contributed by atoms with Gasteiger partial charge >= 0.3 is 0 Å². The van der Waals surface area contributed by atoms with Crippen LogP contribution < -0.4 is 10.2 Å². The van der Waals surface area contributed by atoms with E-state index in [1.807, 2.05) is 11.8 Å². The highest BCUT2D eigenvalue weighted by atomic mass is 35.5. The summed E-state index contributed by atoms with van der Waals surface area (Å²) >= 11 is 19.7. The highest BCUT2D eigenvalue weighted by Crippen LogP contribution is 2.37. The summed E-state index contributed by atoms with van der Waals surface area (Å²) in [5.74, 6) is -0.141. The number of hydrogen-bond acceptors (Lipinski definition) is 6. The summed E-state index contributed by atoms with van der Waals surface area (Å²) in [6, 6.07) is 9.62. The Balaban J connectivity index is 1.54. The maximum absolute atomic E-state index is 12.5. The topological polar surface area (TPSA) is 78.8 Å². The molecule has 0 aromatic heterocycles. The first kappa shape index (κ1) is 22.7. The number of nitrogens with one attached hydrogen (secondary N) is 1. The van der Waals surface area contributed by atoms with Crippen molar-refractivity contribution in [2.45, 2.75) is 19.0 Å². The number of sulfone groups is 1. The fourth-order valence-electron chi connectivity index (χ4n) is 3.67. The number of anilines is 2. The molecule has 1 fully saturated rings. The van der Waals surface area contributed by atoms with Crippen molar-refractivity contribution in [3.63, 3.8) is 0 Å². The van der Waals surface area contributed by atoms with Crippen LogP contribution in [0.5, 0.6) is 0 Å². The molecule has 1 amide bonds. The number of amides is 1. The first-order valence-corrected chi connectivity index (χ1v) is 13.3. The smallest absolute Gasteiger partial charge is 0.234 e. The van der Waals surface area contributed by atoms with Crippen LogP contribution in [0.3, 0.4) is 0 Å². The summed E-state index contributed by atoms with van der Waals surface area (Å²) in [6.45, 7) is 1.83. The van der Waals surface area contributed by atoms with Crippen molar-refractivity contribution in [2.24, 2.45) is 4.99 Å². The predicted octanol–water partition coefficient (Wildman–Crippen LogP) is 4.67. The summed E-state index contributed by atoms with van der Waals surface area (Å²) < 4.78 is 24.3. The highest BCUT2D eigenvalue weighted by molar-refractivity contribution is 8.14. The summed E-state index contributed by atoms with van der Waals surface area (Å²) in [6.07, 6.45) is 0. The van der Waals surface area contributed by atoms with Crippen molar-refractivity contribution < 1.29 is 13.2 Å². The van der Waals surface area contributed by atoms with Crippen molar-refractivity contribution in [3.05, 3.63) is 57.0 Å². The Morgan fingerprint density at radius 2 is 1.90 bits per heavy atom. The van der Waals surface area contributed by atoms with Gasteiger partial charge in [-0.15, -0.1) is 0 Å². The molecule has 11 heteroatoms. The Bertz CT molecular complexity index is 1170. The molecule has 1 saturated heterocycles. The molecule has 2 aromatic carbocycles. The number of hydrogen-bond donors (Lipinski definition) is 1. The van der Waals surface area contributed by atoms with E-state index in [0.717, 1.165) is 5.56 Å². The van der Waals surface area contributed by atoms with E-state index < -0.39 is 9.84 Å². The van der Waals surface area contributed by atoms with Gasteiger partial charge in [-0.2, -0.15) is 0 Å². The van der Waals surface area contributed by atoms with Gasteiger partial charge in [0.2, 0.25) is 5.91 Å². The lowest BCUT2D eigenvalue weighted by molar-refractivity contribution is -0.113. The molecule has 2 aromatic rings. The third kappa shape index (κ3) is 4.98. The van der Waals surface area contributed by atoms with Crippen LogP contribution in [0.4, 0.5) is 11.4 Å². The van der Waals surface area contributed by atoms with E-state index in [1.165, 1.54) is 11.8 Å². The number of thioether (sulfide) groups is 1. The van der Waals surface area contributed by atoms with Gasteiger partial charge in [0.15, 0.2) is 15.0 Å². The lowest BCUT2D eigenvalue weighted by Crippen LogP contribution is -2.39.